The lowest BCUT2D eigenvalue weighted by Gasteiger charge is -2.13. The van der Waals surface area contributed by atoms with Gasteiger partial charge in [0.2, 0.25) is 0 Å². The number of nitrogens with zero attached hydrogens (tertiary/aromatic N) is 1. The van der Waals surface area contributed by atoms with E-state index < -0.39 is 10.0 Å². The van der Waals surface area contributed by atoms with Gasteiger partial charge in [0.25, 0.3) is 10.0 Å². The van der Waals surface area contributed by atoms with E-state index in [1.807, 2.05) is 0 Å². The summed E-state index contributed by atoms with van der Waals surface area (Å²) in [6.07, 6.45) is 0. The number of hydrogen-bond acceptors (Lipinski definition) is 4. The Bertz CT molecular complexity index is 864. The lowest BCUT2D eigenvalue weighted by atomic mass is 10.0. The summed E-state index contributed by atoms with van der Waals surface area (Å²) in [7, 11) is -2.66. The molecule has 0 atom stereocenters. The predicted octanol–water partition coefficient (Wildman–Crippen LogP) is 2.91. The van der Waals surface area contributed by atoms with Crippen molar-refractivity contribution in [3.8, 4) is 11.1 Å². The van der Waals surface area contributed by atoms with E-state index in [2.05, 4.69) is 4.99 Å². The Hall–Kier alpha value is -1.60. The molecule has 0 bridgehead atoms. The largest absolute Gasteiger partial charge is 0.398 e. The smallest absolute Gasteiger partial charge is 0.255 e. The first-order valence-electron chi connectivity index (χ1n) is 6.09. The van der Waals surface area contributed by atoms with Crippen molar-refractivity contribution in [1.29, 1.82) is 0 Å². The molecule has 2 aromatic rings. The highest BCUT2D eigenvalue weighted by Crippen LogP contribution is 2.35. The highest BCUT2D eigenvalue weighted by Gasteiger charge is 2.20. The molecule has 0 unspecified atom stereocenters. The van der Waals surface area contributed by atoms with Crippen LogP contribution in [0.25, 0.3) is 11.1 Å². The fraction of sp³-hybridized carbons (Fsp3) is 0.0714. The molecule has 0 fully saturated rings. The van der Waals surface area contributed by atoms with Crippen LogP contribution < -0.4 is 10.9 Å². The summed E-state index contributed by atoms with van der Waals surface area (Å²) in [6.45, 7) is 0. The molecule has 0 radical (unpaired) electrons. The number of halogens is 2. The van der Waals surface area contributed by atoms with E-state index in [1.165, 1.54) is 13.1 Å². The van der Waals surface area contributed by atoms with Crippen molar-refractivity contribution in [2.24, 2.45) is 10.1 Å². The van der Waals surface area contributed by atoms with Gasteiger partial charge in [0, 0.05) is 39.5 Å². The summed E-state index contributed by atoms with van der Waals surface area (Å²) in [5.41, 5.74) is 7.76. The number of nitrogens with two attached hydrogens (primary N) is 2. The van der Waals surface area contributed by atoms with Gasteiger partial charge in [-0.3, -0.25) is 4.99 Å². The van der Waals surface area contributed by atoms with E-state index in [1.54, 1.807) is 30.3 Å². The Labute approximate surface area is 138 Å². The number of anilines is 1. The monoisotopic (exact) mass is 357 g/mol. The first-order chi connectivity index (χ1) is 10.3. The van der Waals surface area contributed by atoms with Gasteiger partial charge in [0.05, 0.1) is 0 Å². The maximum Gasteiger partial charge on any atom is 0.255 e. The normalized spacial score (nSPS) is 12.5. The minimum atomic E-state index is -3.99. The van der Waals surface area contributed by atoms with E-state index in [0.717, 1.165) is 0 Å². The van der Waals surface area contributed by atoms with Crippen LogP contribution in [0.5, 0.6) is 0 Å². The molecule has 0 aliphatic heterocycles. The van der Waals surface area contributed by atoms with Gasteiger partial charge in [-0.1, -0.05) is 41.4 Å². The van der Waals surface area contributed by atoms with Gasteiger partial charge < -0.3 is 5.73 Å². The van der Waals surface area contributed by atoms with Crippen LogP contribution >= 0.6 is 23.2 Å². The topological polar surface area (TPSA) is 98.5 Å². The molecule has 2 rings (SSSR count). The third-order valence-corrected chi connectivity index (χ3v) is 4.52. The number of sulfonamides is 1. The maximum atomic E-state index is 11.6. The highest BCUT2D eigenvalue weighted by molar-refractivity contribution is 8.05. The Kier molecular flexibility index (Phi) is 4.77. The standard InChI is InChI=1S/C14H13Cl2N3O2S/c1-19-14(22(18,20)21)11-4-2-3-10(13(11)17)9-6-5-8(15)7-12(9)16/h2-7H,17H2,1H3,(H2,18,20,21). The van der Waals surface area contributed by atoms with E-state index in [-0.39, 0.29) is 16.3 Å². The molecular formula is C14H13Cl2N3O2S. The van der Waals surface area contributed by atoms with Crippen molar-refractivity contribution in [3.05, 3.63) is 52.0 Å². The zero-order valence-electron chi connectivity index (χ0n) is 11.5. The van der Waals surface area contributed by atoms with Gasteiger partial charge in [0.1, 0.15) is 0 Å². The fourth-order valence-corrected chi connectivity index (χ4v) is 3.34. The number of aliphatic imine (C=N–C) groups is 1. The van der Waals surface area contributed by atoms with Gasteiger partial charge in [-0.2, -0.15) is 0 Å². The molecule has 0 saturated carbocycles. The minimum absolute atomic E-state index is 0.223. The lowest BCUT2D eigenvalue weighted by Crippen LogP contribution is -2.25. The summed E-state index contributed by atoms with van der Waals surface area (Å²) in [6, 6.07) is 9.88. The van der Waals surface area contributed by atoms with Gasteiger partial charge in [-0.25, -0.2) is 13.6 Å². The molecule has 0 saturated heterocycles. The number of rotatable bonds is 2. The van der Waals surface area contributed by atoms with E-state index in [0.29, 0.717) is 21.2 Å². The average molecular weight is 358 g/mol. The third kappa shape index (κ3) is 3.25. The SMILES string of the molecule is CN=C(c1cccc(-c2ccc(Cl)cc2Cl)c1N)S(N)(=O)=O. The van der Waals surface area contributed by atoms with Gasteiger partial charge in [-0.15, -0.1) is 0 Å². The Morgan fingerprint density at radius 3 is 2.36 bits per heavy atom. The number of nitrogen functional groups attached to an aromatic ring is 1. The molecule has 0 aromatic heterocycles. The Balaban J connectivity index is 2.70. The second-order valence-electron chi connectivity index (χ2n) is 4.46. The predicted molar refractivity (Wildman–Crippen MR) is 91.9 cm³/mol. The number of primary sulfonamides is 1. The van der Waals surface area contributed by atoms with E-state index in [4.69, 9.17) is 34.1 Å². The Morgan fingerprint density at radius 2 is 1.82 bits per heavy atom. The van der Waals surface area contributed by atoms with Crippen molar-refractivity contribution in [2.45, 2.75) is 0 Å². The molecule has 0 aliphatic carbocycles. The van der Waals surface area contributed by atoms with Crippen LogP contribution in [-0.2, 0) is 10.0 Å². The average Bonchev–Trinajstić information content (AvgIpc) is 2.41. The zero-order chi connectivity index (χ0) is 16.5. The van der Waals surface area contributed by atoms with Crippen molar-refractivity contribution < 1.29 is 8.42 Å². The van der Waals surface area contributed by atoms with Gasteiger partial charge >= 0.3 is 0 Å². The zero-order valence-corrected chi connectivity index (χ0v) is 13.9. The second-order valence-corrected chi connectivity index (χ2v) is 6.79. The summed E-state index contributed by atoms with van der Waals surface area (Å²) < 4.78 is 23.2. The molecule has 8 heteroatoms. The molecule has 4 N–H and O–H groups in total. The fourth-order valence-electron chi connectivity index (χ4n) is 2.10. The molecule has 0 spiro atoms. The third-order valence-electron chi connectivity index (χ3n) is 3.03. The van der Waals surface area contributed by atoms with Crippen molar-refractivity contribution in [2.75, 3.05) is 12.8 Å². The molecule has 5 nitrogen and oxygen atoms in total. The second kappa shape index (κ2) is 6.26. The molecule has 0 amide bonds. The van der Waals surface area contributed by atoms with Crippen LogP contribution in [0.2, 0.25) is 10.0 Å². The summed E-state index contributed by atoms with van der Waals surface area (Å²) in [5.74, 6) is 0. The first-order valence-corrected chi connectivity index (χ1v) is 8.39. The Morgan fingerprint density at radius 1 is 1.14 bits per heavy atom. The van der Waals surface area contributed by atoms with Crippen molar-refractivity contribution in [1.82, 2.24) is 0 Å². The molecule has 2 aromatic carbocycles. The summed E-state index contributed by atoms with van der Waals surface area (Å²) in [5, 5.41) is 5.79. The summed E-state index contributed by atoms with van der Waals surface area (Å²) in [4.78, 5) is 3.73. The van der Waals surface area contributed by atoms with Crippen molar-refractivity contribution in [3.63, 3.8) is 0 Å². The number of hydrogen-bond donors (Lipinski definition) is 2. The van der Waals surface area contributed by atoms with Crippen LogP contribution in [0.1, 0.15) is 5.56 Å². The van der Waals surface area contributed by atoms with E-state index in [9.17, 15) is 8.42 Å². The quantitative estimate of drug-likeness (QED) is 0.491. The number of para-hydroxylation sites is 1. The van der Waals surface area contributed by atoms with E-state index >= 15 is 0 Å². The molecule has 0 aliphatic rings. The van der Waals surface area contributed by atoms with Crippen LogP contribution in [0.15, 0.2) is 41.4 Å². The maximum absolute atomic E-state index is 11.6. The molecule has 22 heavy (non-hydrogen) atoms. The van der Waals surface area contributed by atoms with Crippen LogP contribution in [0, 0.1) is 0 Å². The highest BCUT2D eigenvalue weighted by atomic mass is 35.5. The first kappa shape index (κ1) is 16.8. The molecule has 116 valence electrons. The van der Waals surface area contributed by atoms with Crippen LogP contribution in [0.4, 0.5) is 5.69 Å². The summed E-state index contributed by atoms with van der Waals surface area (Å²) >= 11 is 12.1. The molecule has 0 heterocycles. The van der Waals surface area contributed by atoms with Crippen LogP contribution in [0.3, 0.4) is 0 Å². The van der Waals surface area contributed by atoms with Gasteiger partial charge in [-0.05, 0) is 18.2 Å². The van der Waals surface area contributed by atoms with Crippen molar-refractivity contribution >= 4 is 44.0 Å². The molecular weight excluding hydrogens is 345 g/mol. The number of benzene rings is 2. The lowest BCUT2D eigenvalue weighted by molar-refractivity contribution is 0.609. The van der Waals surface area contributed by atoms with Gasteiger partial charge in [0.15, 0.2) is 5.04 Å². The van der Waals surface area contributed by atoms with Crippen LogP contribution in [-0.4, -0.2) is 20.5 Å². The minimum Gasteiger partial charge on any atom is -0.398 e.